The molecule has 164 valence electrons. The highest BCUT2D eigenvalue weighted by atomic mass is 32.2. The Bertz CT molecular complexity index is 749. The van der Waals surface area contributed by atoms with Gasteiger partial charge >= 0.3 is 6.09 Å². The van der Waals surface area contributed by atoms with Crippen molar-refractivity contribution in [2.45, 2.75) is 58.2 Å². The van der Waals surface area contributed by atoms with Gasteiger partial charge in [0.1, 0.15) is 5.60 Å². The summed E-state index contributed by atoms with van der Waals surface area (Å²) in [7, 11) is -2.04. The number of carbonyl (C=O) groups excluding carboxylic acids is 1. The van der Waals surface area contributed by atoms with Crippen LogP contribution in [0.5, 0.6) is 0 Å². The lowest BCUT2D eigenvalue weighted by Gasteiger charge is -2.30. The molecule has 0 aromatic carbocycles. The van der Waals surface area contributed by atoms with Gasteiger partial charge in [-0.25, -0.2) is 13.2 Å². The molecule has 1 fully saturated rings. The van der Waals surface area contributed by atoms with Crippen molar-refractivity contribution >= 4 is 16.1 Å². The van der Waals surface area contributed by atoms with E-state index in [0.717, 1.165) is 0 Å². The zero-order valence-corrected chi connectivity index (χ0v) is 18.7. The Morgan fingerprint density at radius 2 is 2.03 bits per heavy atom. The maximum Gasteiger partial charge on any atom is 0.410 e. The first-order valence-electron chi connectivity index (χ1n) is 9.98. The number of methoxy groups -OCH3 is 1. The fourth-order valence-electron chi connectivity index (χ4n) is 3.29. The lowest BCUT2D eigenvalue weighted by molar-refractivity contribution is 0.0255. The van der Waals surface area contributed by atoms with Gasteiger partial charge in [-0.05, 0) is 52.2 Å². The average molecular weight is 428 g/mol. The van der Waals surface area contributed by atoms with Crippen molar-refractivity contribution in [3.05, 3.63) is 30.1 Å². The first-order valence-corrected chi connectivity index (χ1v) is 11.6. The zero-order chi connectivity index (χ0) is 21.5. The Balaban J connectivity index is 2.15. The van der Waals surface area contributed by atoms with Crippen molar-refractivity contribution in [1.82, 2.24) is 14.2 Å². The highest BCUT2D eigenvalue weighted by Crippen LogP contribution is 2.23. The summed E-state index contributed by atoms with van der Waals surface area (Å²) in [5, 5.41) is 0. The Hall–Kier alpha value is -1.71. The number of hydrogen-bond acceptors (Lipinski definition) is 6. The van der Waals surface area contributed by atoms with E-state index < -0.39 is 15.6 Å². The lowest BCUT2D eigenvalue weighted by Crippen LogP contribution is -2.43. The molecule has 0 N–H and O–H groups in total. The molecular formula is C20H33N3O5S. The molecule has 1 aliphatic rings. The number of likely N-dealkylation sites (tertiary alicyclic amines) is 1. The van der Waals surface area contributed by atoms with Gasteiger partial charge in [0.2, 0.25) is 10.0 Å². The summed E-state index contributed by atoms with van der Waals surface area (Å²) in [4.78, 5) is 18.4. The fourth-order valence-corrected chi connectivity index (χ4v) is 4.89. The molecule has 1 aromatic heterocycles. The maximum absolute atomic E-state index is 13.0. The minimum Gasteiger partial charge on any atom is -0.444 e. The minimum absolute atomic E-state index is 0.0807. The topological polar surface area (TPSA) is 89.0 Å². The average Bonchev–Trinajstić information content (AvgIpc) is 2.90. The van der Waals surface area contributed by atoms with Crippen LogP contribution in [0.25, 0.3) is 0 Å². The van der Waals surface area contributed by atoms with Gasteiger partial charge in [0.25, 0.3) is 0 Å². The fraction of sp³-hybridized carbons (Fsp3) is 0.700. The van der Waals surface area contributed by atoms with Gasteiger partial charge in [0.05, 0.1) is 24.6 Å². The predicted molar refractivity (Wildman–Crippen MR) is 111 cm³/mol. The molecule has 0 saturated carbocycles. The minimum atomic E-state index is -3.53. The second kappa shape index (κ2) is 10.4. The molecule has 1 amide bonds. The van der Waals surface area contributed by atoms with Gasteiger partial charge in [0.15, 0.2) is 0 Å². The second-order valence-electron chi connectivity index (χ2n) is 8.23. The molecule has 8 nitrogen and oxygen atoms in total. The summed E-state index contributed by atoms with van der Waals surface area (Å²) in [6, 6.07) is 5.27. The standard InChI is InChI=1S/C20H33N3O5S/c1-20(2,3)28-19(24)22-12-7-9-18(10-13-22)23(29(25,26)15-14-27-4)16-17-8-5-6-11-21-17/h5-6,8,11,18H,7,9-10,12-16H2,1-4H3. The van der Waals surface area contributed by atoms with E-state index in [1.165, 1.54) is 11.4 Å². The van der Waals surface area contributed by atoms with Gasteiger partial charge < -0.3 is 14.4 Å². The molecule has 1 aromatic rings. The molecule has 1 aliphatic heterocycles. The largest absolute Gasteiger partial charge is 0.444 e. The number of carbonyl (C=O) groups is 1. The van der Waals surface area contributed by atoms with E-state index in [9.17, 15) is 13.2 Å². The smallest absolute Gasteiger partial charge is 0.410 e. The molecule has 1 saturated heterocycles. The number of pyridine rings is 1. The van der Waals surface area contributed by atoms with Crippen molar-refractivity contribution < 1.29 is 22.7 Å². The number of rotatable bonds is 7. The van der Waals surface area contributed by atoms with Crippen LogP contribution in [0.3, 0.4) is 0 Å². The molecule has 2 heterocycles. The summed E-state index contributed by atoms with van der Waals surface area (Å²) in [5.74, 6) is -0.0807. The van der Waals surface area contributed by atoms with Crippen LogP contribution in [0.1, 0.15) is 45.7 Å². The van der Waals surface area contributed by atoms with E-state index in [1.54, 1.807) is 17.2 Å². The first-order chi connectivity index (χ1) is 13.6. The van der Waals surface area contributed by atoms with Crippen LogP contribution in [0.2, 0.25) is 0 Å². The Labute approximate surface area is 174 Å². The normalized spacial score (nSPS) is 18.5. The number of amides is 1. The molecule has 9 heteroatoms. The first kappa shape index (κ1) is 23.6. The quantitative estimate of drug-likeness (QED) is 0.665. The van der Waals surface area contributed by atoms with Crippen molar-refractivity contribution in [3.8, 4) is 0 Å². The van der Waals surface area contributed by atoms with Crippen molar-refractivity contribution in [1.29, 1.82) is 0 Å². The Morgan fingerprint density at radius 3 is 2.66 bits per heavy atom. The molecule has 0 aliphatic carbocycles. The van der Waals surface area contributed by atoms with Crippen molar-refractivity contribution in [2.24, 2.45) is 0 Å². The summed E-state index contributed by atoms with van der Waals surface area (Å²) in [6.45, 7) is 6.87. The number of ether oxygens (including phenoxy) is 2. The Kier molecular flexibility index (Phi) is 8.42. The van der Waals surface area contributed by atoms with E-state index in [-0.39, 0.29) is 31.0 Å². The van der Waals surface area contributed by atoms with E-state index in [4.69, 9.17) is 9.47 Å². The third-order valence-corrected chi connectivity index (χ3v) is 6.53. The van der Waals surface area contributed by atoms with Gasteiger partial charge in [0, 0.05) is 32.4 Å². The lowest BCUT2D eigenvalue weighted by atomic mass is 10.1. The van der Waals surface area contributed by atoms with Crippen LogP contribution in [0.15, 0.2) is 24.4 Å². The molecule has 1 unspecified atom stereocenters. The van der Waals surface area contributed by atoms with E-state index in [2.05, 4.69) is 4.98 Å². The molecular weight excluding hydrogens is 394 g/mol. The van der Waals surface area contributed by atoms with Crippen LogP contribution in [0.4, 0.5) is 4.79 Å². The summed E-state index contributed by atoms with van der Waals surface area (Å²) in [6.07, 6.45) is 3.25. The molecule has 1 atom stereocenters. The third kappa shape index (κ3) is 7.56. The number of sulfonamides is 1. The van der Waals surface area contributed by atoms with Crippen LogP contribution >= 0.6 is 0 Å². The van der Waals surface area contributed by atoms with Gasteiger partial charge in [-0.15, -0.1) is 0 Å². The van der Waals surface area contributed by atoms with E-state index in [0.29, 0.717) is 38.0 Å². The van der Waals surface area contributed by atoms with Gasteiger partial charge in [-0.2, -0.15) is 4.31 Å². The highest BCUT2D eigenvalue weighted by Gasteiger charge is 2.33. The van der Waals surface area contributed by atoms with E-state index in [1.807, 2.05) is 32.9 Å². The number of nitrogens with zero attached hydrogens (tertiary/aromatic N) is 3. The summed E-state index contributed by atoms with van der Waals surface area (Å²) < 4.78 is 38.0. The SMILES string of the molecule is COCCS(=O)(=O)N(Cc1ccccn1)C1CCCN(C(=O)OC(C)(C)C)CC1. The molecule has 0 radical (unpaired) electrons. The monoisotopic (exact) mass is 427 g/mol. The number of hydrogen-bond donors (Lipinski definition) is 0. The predicted octanol–water partition coefficient (Wildman–Crippen LogP) is 2.65. The van der Waals surface area contributed by atoms with Crippen molar-refractivity contribution in [3.63, 3.8) is 0 Å². The van der Waals surface area contributed by atoms with Crippen LogP contribution < -0.4 is 0 Å². The zero-order valence-electron chi connectivity index (χ0n) is 17.8. The second-order valence-corrected chi connectivity index (χ2v) is 10.3. The summed E-state index contributed by atoms with van der Waals surface area (Å²) in [5.41, 5.74) is 0.138. The van der Waals surface area contributed by atoms with Gasteiger partial charge in [-0.3, -0.25) is 4.98 Å². The molecule has 0 bridgehead atoms. The Morgan fingerprint density at radius 1 is 1.28 bits per heavy atom. The highest BCUT2D eigenvalue weighted by molar-refractivity contribution is 7.89. The summed E-state index contributed by atoms with van der Waals surface area (Å²) >= 11 is 0. The van der Waals surface area contributed by atoms with Crippen LogP contribution in [-0.2, 0) is 26.0 Å². The number of aromatic nitrogens is 1. The van der Waals surface area contributed by atoms with Gasteiger partial charge in [-0.1, -0.05) is 6.07 Å². The molecule has 2 rings (SSSR count). The molecule has 0 spiro atoms. The van der Waals surface area contributed by atoms with Crippen molar-refractivity contribution in [2.75, 3.05) is 32.6 Å². The maximum atomic E-state index is 13.0. The van der Waals surface area contributed by atoms with Crippen LogP contribution in [0, 0.1) is 0 Å². The third-order valence-electron chi connectivity index (χ3n) is 4.70. The van der Waals surface area contributed by atoms with E-state index >= 15 is 0 Å². The van der Waals surface area contributed by atoms with Crippen LogP contribution in [-0.4, -0.2) is 72.9 Å². The molecule has 29 heavy (non-hydrogen) atoms.